The van der Waals surface area contributed by atoms with Crippen molar-refractivity contribution in [1.82, 2.24) is 19.9 Å². The molecule has 0 aliphatic rings. The lowest BCUT2D eigenvalue weighted by Crippen LogP contribution is -1.97. The lowest BCUT2D eigenvalue weighted by atomic mass is 10.4. The number of hydrogen-bond acceptors (Lipinski definition) is 6. The summed E-state index contributed by atoms with van der Waals surface area (Å²) in [4.78, 5) is 24.2. The molecule has 0 aliphatic carbocycles. The molecule has 0 fully saturated rings. The molecule has 0 atom stereocenters. The first kappa shape index (κ1) is 15.7. The van der Waals surface area contributed by atoms with E-state index in [0.29, 0.717) is 24.4 Å². The summed E-state index contributed by atoms with van der Waals surface area (Å²) < 4.78 is 24.3. The van der Waals surface area contributed by atoms with Crippen LogP contribution < -0.4 is 0 Å². The Balaban J connectivity index is 0.000000200. The summed E-state index contributed by atoms with van der Waals surface area (Å²) >= 11 is 0. The van der Waals surface area contributed by atoms with Gasteiger partial charge in [-0.2, -0.15) is 0 Å². The van der Waals surface area contributed by atoms with Gasteiger partial charge in [-0.25, -0.2) is 28.7 Å². The zero-order valence-corrected chi connectivity index (χ0v) is 10.4. The lowest BCUT2D eigenvalue weighted by molar-refractivity contribution is -0.107. The SMILES string of the molecule is O=CCc1ncc(F)cn1.OCCc1ncc(F)cn1. The molecule has 0 radical (unpaired) electrons. The van der Waals surface area contributed by atoms with Crippen LogP contribution in [-0.2, 0) is 17.6 Å². The number of aliphatic hydroxyl groups excluding tert-OH is 1. The minimum atomic E-state index is -0.491. The molecule has 2 rings (SSSR count). The molecule has 1 N–H and O–H groups in total. The van der Waals surface area contributed by atoms with Crippen LogP contribution in [0.4, 0.5) is 8.78 Å². The van der Waals surface area contributed by atoms with Crippen LogP contribution in [0.3, 0.4) is 0 Å². The highest BCUT2D eigenvalue weighted by molar-refractivity contribution is 5.52. The monoisotopic (exact) mass is 282 g/mol. The molecule has 6 nitrogen and oxygen atoms in total. The third-order valence-electron chi connectivity index (χ3n) is 1.95. The summed E-state index contributed by atoms with van der Waals surface area (Å²) in [5, 5.41) is 8.42. The van der Waals surface area contributed by atoms with Gasteiger partial charge >= 0.3 is 0 Å². The van der Waals surface area contributed by atoms with E-state index in [1.807, 2.05) is 0 Å². The molecule has 0 spiro atoms. The molecule has 0 aliphatic heterocycles. The molecule has 8 heteroatoms. The number of carbonyl (C=O) groups is 1. The van der Waals surface area contributed by atoms with Crippen LogP contribution in [0.25, 0.3) is 0 Å². The van der Waals surface area contributed by atoms with Crippen LogP contribution in [-0.4, -0.2) is 37.9 Å². The highest BCUT2D eigenvalue weighted by Gasteiger charge is 1.94. The maximum Gasteiger partial charge on any atom is 0.159 e. The fraction of sp³-hybridized carbons (Fsp3) is 0.250. The Bertz CT molecular complexity index is 520. The molecule has 0 bridgehead atoms. The molecule has 2 heterocycles. The topological polar surface area (TPSA) is 88.9 Å². The lowest BCUT2D eigenvalue weighted by Gasteiger charge is -1.93. The van der Waals surface area contributed by atoms with Crippen molar-refractivity contribution in [2.45, 2.75) is 12.8 Å². The predicted molar refractivity (Wildman–Crippen MR) is 64.5 cm³/mol. The van der Waals surface area contributed by atoms with E-state index in [-0.39, 0.29) is 13.0 Å². The maximum atomic E-state index is 12.1. The Morgan fingerprint density at radius 3 is 1.80 bits per heavy atom. The van der Waals surface area contributed by atoms with E-state index in [1.165, 1.54) is 0 Å². The van der Waals surface area contributed by atoms with Gasteiger partial charge in [0.25, 0.3) is 0 Å². The quantitative estimate of drug-likeness (QED) is 0.822. The Hall–Kier alpha value is -2.35. The zero-order valence-electron chi connectivity index (χ0n) is 10.4. The van der Waals surface area contributed by atoms with E-state index >= 15 is 0 Å². The van der Waals surface area contributed by atoms with Gasteiger partial charge in [-0.15, -0.1) is 0 Å². The van der Waals surface area contributed by atoms with Gasteiger partial charge in [0, 0.05) is 6.42 Å². The summed E-state index contributed by atoms with van der Waals surface area (Å²) in [6, 6.07) is 0. The zero-order chi connectivity index (χ0) is 14.8. The van der Waals surface area contributed by atoms with Gasteiger partial charge in [0.2, 0.25) is 0 Å². The standard InChI is InChI=1S/C6H7FN2O.C6H5FN2O/c2*7-5-3-8-6(1-2-10)9-4-5/h3-4,10H,1-2H2;2-4H,1H2. The van der Waals surface area contributed by atoms with Crippen LogP contribution >= 0.6 is 0 Å². The summed E-state index contributed by atoms with van der Waals surface area (Å²) in [5.41, 5.74) is 0. The van der Waals surface area contributed by atoms with Gasteiger partial charge in [0.15, 0.2) is 11.6 Å². The normalized spacial score (nSPS) is 9.55. The third-order valence-corrected chi connectivity index (χ3v) is 1.95. The van der Waals surface area contributed by atoms with Crippen molar-refractivity contribution < 1.29 is 18.7 Å². The van der Waals surface area contributed by atoms with Gasteiger partial charge in [-0.1, -0.05) is 0 Å². The fourth-order valence-electron chi connectivity index (χ4n) is 1.09. The molecular formula is C12H12F2N4O2. The second kappa shape index (κ2) is 8.70. The summed E-state index contributed by atoms with van der Waals surface area (Å²) in [6.45, 7) is -0.00830. The number of hydrogen-bond donors (Lipinski definition) is 1. The largest absolute Gasteiger partial charge is 0.396 e. The molecule has 20 heavy (non-hydrogen) atoms. The summed E-state index contributed by atoms with van der Waals surface area (Å²) in [7, 11) is 0. The molecule has 106 valence electrons. The average Bonchev–Trinajstić information content (AvgIpc) is 2.45. The van der Waals surface area contributed by atoms with Gasteiger partial charge in [0.05, 0.1) is 37.8 Å². The number of nitrogens with zero attached hydrogens (tertiary/aromatic N) is 4. The van der Waals surface area contributed by atoms with E-state index in [2.05, 4.69) is 19.9 Å². The fourth-order valence-corrected chi connectivity index (χ4v) is 1.09. The van der Waals surface area contributed by atoms with Gasteiger partial charge in [-0.05, 0) is 0 Å². The molecule has 0 amide bonds. The first-order valence-corrected chi connectivity index (χ1v) is 5.63. The van der Waals surface area contributed by atoms with E-state index in [4.69, 9.17) is 5.11 Å². The van der Waals surface area contributed by atoms with Crippen molar-refractivity contribution in [3.8, 4) is 0 Å². The number of carbonyl (C=O) groups excluding carboxylic acids is 1. The van der Waals surface area contributed by atoms with Gasteiger partial charge in [0.1, 0.15) is 17.9 Å². The molecule has 2 aromatic heterocycles. The Morgan fingerprint density at radius 1 is 0.950 bits per heavy atom. The van der Waals surface area contributed by atoms with E-state index in [9.17, 15) is 13.6 Å². The van der Waals surface area contributed by atoms with Crippen molar-refractivity contribution >= 4 is 6.29 Å². The minimum absolute atomic E-state index is 0.00830. The highest BCUT2D eigenvalue weighted by Crippen LogP contribution is 1.93. The molecule has 0 saturated carbocycles. The van der Waals surface area contributed by atoms with Crippen molar-refractivity contribution in [2.24, 2.45) is 0 Å². The average molecular weight is 282 g/mol. The van der Waals surface area contributed by atoms with E-state index in [0.717, 1.165) is 24.8 Å². The molecular weight excluding hydrogens is 270 g/mol. The van der Waals surface area contributed by atoms with Crippen molar-refractivity contribution in [2.75, 3.05) is 6.61 Å². The summed E-state index contributed by atoms with van der Waals surface area (Å²) in [5.74, 6) is -0.142. The van der Waals surface area contributed by atoms with Crippen LogP contribution in [0.15, 0.2) is 24.8 Å². The molecule has 0 saturated heterocycles. The van der Waals surface area contributed by atoms with Crippen molar-refractivity contribution in [1.29, 1.82) is 0 Å². The molecule has 2 aromatic rings. The minimum Gasteiger partial charge on any atom is -0.396 e. The number of halogens is 2. The third kappa shape index (κ3) is 6.01. The second-order valence-electron chi connectivity index (χ2n) is 3.48. The Labute approximate surface area is 113 Å². The second-order valence-corrected chi connectivity index (χ2v) is 3.48. The van der Waals surface area contributed by atoms with Crippen molar-refractivity contribution in [3.63, 3.8) is 0 Å². The van der Waals surface area contributed by atoms with Crippen molar-refractivity contribution in [3.05, 3.63) is 48.1 Å². The van der Waals surface area contributed by atoms with Crippen LogP contribution in [0.5, 0.6) is 0 Å². The Morgan fingerprint density at radius 2 is 1.40 bits per heavy atom. The number of aliphatic hydroxyl groups is 1. The van der Waals surface area contributed by atoms with Crippen LogP contribution in [0.1, 0.15) is 11.6 Å². The first-order chi connectivity index (χ1) is 9.65. The highest BCUT2D eigenvalue weighted by atomic mass is 19.1. The van der Waals surface area contributed by atoms with Gasteiger partial charge in [-0.3, -0.25) is 0 Å². The molecule has 0 aromatic carbocycles. The van der Waals surface area contributed by atoms with Gasteiger partial charge < -0.3 is 9.90 Å². The molecule has 0 unspecified atom stereocenters. The van der Waals surface area contributed by atoms with E-state index < -0.39 is 11.6 Å². The Kier molecular flexibility index (Phi) is 6.83. The van der Waals surface area contributed by atoms with E-state index in [1.54, 1.807) is 0 Å². The summed E-state index contributed by atoms with van der Waals surface area (Å²) in [6.07, 6.45) is 5.42. The maximum absolute atomic E-state index is 12.1. The number of aromatic nitrogens is 4. The van der Waals surface area contributed by atoms with Crippen LogP contribution in [0.2, 0.25) is 0 Å². The number of aldehydes is 1. The smallest absolute Gasteiger partial charge is 0.159 e. The van der Waals surface area contributed by atoms with Crippen LogP contribution in [0, 0.1) is 11.6 Å². The first-order valence-electron chi connectivity index (χ1n) is 5.63. The predicted octanol–water partition coefficient (Wildman–Crippen LogP) is 0.508. The number of rotatable bonds is 4.